The van der Waals surface area contributed by atoms with Gasteiger partial charge in [0.25, 0.3) is 11.5 Å². The number of aromatic hydroxyl groups is 1. The van der Waals surface area contributed by atoms with Crippen LogP contribution in [0.1, 0.15) is 53.2 Å². The first-order chi connectivity index (χ1) is 19.2. The Morgan fingerprint density at radius 3 is 2.55 bits per heavy atom. The van der Waals surface area contributed by atoms with Crippen molar-refractivity contribution in [2.45, 2.75) is 31.7 Å². The number of aromatic nitrogens is 4. The first-order valence-electron chi connectivity index (χ1n) is 13.0. The molecule has 1 amide bonds. The standard InChI is InChI=1S/C29H29F2N5O4/c1-4-23(18-13-19(30)15-20(31)14-18)36-26(22-10-11-34(2)33-22)32-27(37)25(29(36)39)28(38)35-12-9-17(16-35)21-7-5-6-8-24(21)40-3/h5-8,10-11,13-15,17,23,37H,4,9,12,16H2,1-3H3/t17?,23-/m0/s1. The summed E-state index contributed by atoms with van der Waals surface area (Å²) in [4.78, 5) is 33.5. The average Bonchev–Trinajstić information content (AvgIpc) is 3.59. The first kappa shape index (κ1) is 27.0. The Morgan fingerprint density at radius 2 is 1.90 bits per heavy atom. The minimum absolute atomic E-state index is 0.0236. The second kappa shape index (κ2) is 10.9. The Morgan fingerprint density at radius 1 is 1.18 bits per heavy atom. The fourth-order valence-corrected chi connectivity index (χ4v) is 5.41. The van der Waals surface area contributed by atoms with Gasteiger partial charge in [-0.25, -0.2) is 8.78 Å². The van der Waals surface area contributed by atoms with Gasteiger partial charge in [-0.05, 0) is 48.2 Å². The third-order valence-corrected chi connectivity index (χ3v) is 7.28. The highest BCUT2D eigenvalue weighted by Gasteiger charge is 2.35. The summed E-state index contributed by atoms with van der Waals surface area (Å²) in [5.41, 5.74) is 0.0556. The van der Waals surface area contributed by atoms with E-state index in [-0.39, 0.29) is 29.4 Å². The minimum Gasteiger partial charge on any atom is -0.496 e. The van der Waals surface area contributed by atoms with Crippen molar-refractivity contribution in [1.82, 2.24) is 24.2 Å². The van der Waals surface area contributed by atoms with Crippen molar-refractivity contribution in [3.8, 4) is 23.1 Å². The topological polar surface area (TPSA) is 102 Å². The number of ether oxygens (including phenoxy) is 1. The van der Waals surface area contributed by atoms with Crippen LogP contribution in [0.5, 0.6) is 11.6 Å². The summed E-state index contributed by atoms with van der Waals surface area (Å²) < 4.78 is 36.6. The highest BCUT2D eigenvalue weighted by molar-refractivity contribution is 5.96. The molecule has 208 valence electrons. The Kier molecular flexibility index (Phi) is 7.38. The molecule has 1 N–H and O–H groups in total. The van der Waals surface area contributed by atoms with E-state index >= 15 is 0 Å². The number of hydrogen-bond acceptors (Lipinski definition) is 6. The van der Waals surface area contributed by atoms with Gasteiger partial charge < -0.3 is 14.7 Å². The van der Waals surface area contributed by atoms with Crippen LogP contribution < -0.4 is 10.3 Å². The molecule has 1 fully saturated rings. The van der Waals surface area contributed by atoms with Crippen molar-refractivity contribution < 1.29 is 23.4 Å². The van der Waals surface area contributed by atoms with Crippen LogP contribution in [0.2, 0.25) is 0 Å². The van der Waals surface area contributed by atoms with Gasteiger partial charge in [0.1, 0.15) is 23.1 Å². The largest absolute Gasteiger partial charge is 0.496 e. The van der Waals surface area contributed by atoms with Gasteiger partial charge in [0.15, 0.2) is 11.4 Å². The van der Waals surface area contributed by atoms with Crippen molar-refractivity contribution in [3.63, 3.8) is 0 Å². The number of carbonyl (C=O) groups is 1. The first-order valence-corrected chi connectivity index (χ1v) is 13.0. The molecule has 1 aliphatic rings. The molecular weight excluding hydrogens is 520 g/mol. The number of benzene rings is 2. The summed E-state index contributed by atoms with van der Waals surface area (Å²) >= 11 is 0. The van der Waals surface area contributed by atoms with Gasteiger partial charge >= 0.3 is 0 Å². The summed E-state index contributed by atoms with van der Waals surface area (Å²) in [6.45, 7) is 2.41. The van der Waals surface area contributed by atoms with Crippen molar-refractivity contribution in [2.75, 3.05) is 20.2 Å². The van der Waals surface area contributed by atoms with Gasteiger partial charge in [-0.15, -0.1) is 0 Å². The molecule has 0 saturated carbocycles. The van der Waals surface area contributed by atoms with Crippen LogP contribution in [0.25, 0.3) is 11.5 Å². The van der Waals surface area contributed by atoms with E-state index in [9.17, 15) is 23.5 Å². The number of halogens is 2. The van der Waals surface area contributed by atoms with Crippen LogP contribution in [-0.4, -0.2) is 55.4 Å². The van der Waals surface area contributed by atoms with Gasteiger partial charge in [0.05, 0.1) is 13.2 Å². The molecule has 0 bridgehead atoms. The molecule has 2 atom stereocenters. The molecular formula is C29H29F2N5O4. The molecule has 2 aromatic heterocycles. The Bertz CT molecular complexity index is 1610. The van der Waals surface area contributed by atoms with E-state index in [1.165, 1.54) is 14.1 Å². The van der Waals surface area contributed by atoms with Crippen molar-refractivity contribution in [1.29, 1.82) is 0 Å². The molecule has 1 unspecified atom stereocenters. The Hall–Kier alpha value is -4.54. The molecule has 0 radical (unpaired) electrons. The predicted molar refractivity (Wildman–Crippen MR) is 143 cm³/mol. The summed E-state index contributed by atoms with van der Waals surface area (Å²) in [7, 11) is 3.26. The summed E-state index contributed by atoms with van der Waals surface area (Å²) in [5, 5.41) is 15.2. The molecule has 1 aliphatic heterocycles. The Balaban J connectivity index is 1.60. The number of carbonyl (C=O) groups excluding carboxylic acids is 1. The van der Waals surface area contributed by atoms with Crippen LogP contribution in [0.15, 0.2) is 59.5 Å². The number of amides is 1. The number of rotatable bonds is 7. The molecule has 0 aliphatic carbocycles. The molecule has 4 aromatic rings. The highest BCUT2D eigenvalue weighted by atomic mass is 19.1. The fraction of sp³-hybridized carbons (Fsp3) is 0.310. The number of nitrogens with zero attached hydrogens (tertiary/aromatic N) is 5. The lowest BCUT2D eigenvalue weighted by Gasteiger charge is -2.24. The average molecular weight is 550 g/mol. The number of aryl methyl sites for hydroxylation is 1. The van der Waals surface area contributed by atoms with E-state index < -0.39 is 40.6 Å². The molecule has 1 saturated heterocycles. The maximum Gasteiger partial charge on any atom is 0.271 e. The quantitative estimate of drug-likeness (QED) is 0.370. The molecule has 5 rings (SSSR count). The molecule has 2 aromatic carbocycles. The van der Waals surface area contributed by atoms with Gasteiger partial charge in [-0.3, -0.25) is 18.8 Å². The number of likely N-dealkylation sites (tertiary alicyclic amines) is 1. The number of para-hydroxylation sites is 1. The van der Waals surface area contributed by atoms with Gasteiger partial charge in [-0.1, -0.05) is 25.1 Å². The summed E-state index contributed by atoms with van der Waals surface area (Å²) in [6, 6.07) is 11.3. The van der Waals surface area contributed by atoms with Gasteiger partial charge in [0.2, 0.25) is 5.88 Å². The SMILES string of the molecule is CC[C@@H](c1cc(F)cc(F)c1)n1c(-c2ccn(C)n2)nc(O)c(C(=O)N2CCC(c3ccccc3OC)C2)c1=O. The summed E-state index contributed by atoms with van der Waals surface area (Å²) in [6.07, 6.45) is 2.51. The van der Waals surface area contributed by atoms with Crippen molar-refractivity contribution in [2.24, 2.45) is 7.05 Å². The molecule has 3 heterocycles. The lowest BCUT2D eigenvalue weighted by atomic mass is 9.97. The van der Waals surface area contributed by atoms with E-state index in [4.69, 9.17) is 4.74 Å². The van der Waals surface area contributed by atoms with Crippen LogP contribution >= 0.6 is 0 Å². The van der Waals surface area contributed by atoms with E-state index in [1.54, 1.807) is 33.3 Å². The van der Waals surface area contributed by atoms with Crippen molar-refractivity contribution in [3.05, 3.63) is 93.4 Å². The number of hydrogen-bond donors (Lipinski definition) is 1. The third-order valence-electron chi connectivity index (χ3n) is 7.28. The normalized spacial score (nSPS) is 15.8. The zero-order chi connectivity index (χ0) is 28.6. The van der Waals surface area contributed by atoms with E-state index in [2.05, 4.69) is 10.1 Å². The second-order valence-electron chi connectivity index (χ2n) is 9.79. The lowest BCUT2D eigenvalue weighted by molar-refractivity contribution is 0.0784. The van der Waals surface area contributed by atoms with Gasteiger partial charge in [-0.2, -0.15) is 10.1 Å². The predicted octanol–water partition coefficient (Wildman–Crippen LogP) is 4.27. The number of methoxy groups -OCH3 is 1. The van der Waals surface area contributed by atoms with Crippen LogP contribution in [0, 0.1) is 11.6 Å². The smallest absolute Gasteiger partial charge is 0.271 e. The van der Waals surface area contributed by atoms with Crippen LogP contribution in [0.3, 0.4) is 0 Å². The maximum atomic E-state index is 14.2. The van der Waals surface area contributed by atoms with E-state index in [0.717, 1.165) is 23.8 Å². The molecule has 9 nitrogen and oxygen atoms in total. The lowest BCUT2D eigenvalue weighted by Crippen LogP contribution is -2.38. The monoisotopic (exact) mass is 549 g/mol. The Labute approximate surface area is 229 Å². The van der Waals surface area contributed by atoms with Gasteiger partial charge in [0, 0.05) is 38.3 Å². The second-order valence-corrected chi connectivity index (χ2v) is 9.79. The maximum absolute atomic E-state index is 14.2. The van der Waals surface area contributed by atoms with E-state index in [1.807, 2.05) is 24.3 Å². The summed E-state index contributed by atoms with van der Waals surface area (Å²) in [5.74, 6) is -2.34. The highest BCUT2D eigenvalue weighted by Crippen LogP contribution is 2.35. The zero-order valence-corrected chi connectivity index (χ0v) is 22.3. The molecule has 0 spiro atoms. The minimum atomic E-state index is -0.894. The van der Waals surface area contributed by atoms with E-state index in [0.29, 0.717) is 25.3 Å². The van der Waals surface area contributed by atoms with Crippen molar-refractivity contribution >= 4 is 5.91 Å². The molecule has 11 heteroatoms. The van der Waals surface area contributed by atoms with Crippen LogP contribution in [0.4, 0.5) is 8.78 Å². The zero-order valence-electron chi connectivity index (χ0n) is 22.3. The fourth-order valence-electron chi connectivity index (χ4n) is 5.41. The molecule has 40 heavy (non-hydrogen) atoms. The third kappa shape index (κ3) is 4.94. The van der Waals surface area contributed by atoms with Crippen LogP contribution in [-0.2, 0) is 7.05 Å².